The normalized spacial score (nSPS) is 12.6. The Bertz CT molecular complexity index is 1160. The van der Waals surface area contributed by atoms with Crippen molar-refractivity contribution in [2.45, 2.75) is 46.3 Å². The minimum Gasteiger partial charge on any atom is -0.493 e. The molecule has 0 bridgehead atoms. The van der Waals surface area contributed by atoms with Gasteiger partial charge in [0.1, 0.15) is 5.82 Å². The van der Waals surface area contributed by atoms with Crippen molar-refractivity contribution in [3.63, 3.8) is 0 Å². The first kappa shape index (κ1) is 24.7. The third kappa shape index (κ3) is 5.62. The van der Waals surface area contributed by atoms with Gasteiger partial charge in [-0.05, 0) is 51.5 Å². The highest BCUT2D eigenvalue weighted by molar-refractivity contribution is 5.92. The fourth-order valence-corrected chi connectivity index (χ4v) is 4.32. The van der Waals surface area contributed by atoms with Gasteiger partial charge in [0.2, 0.25) is 12.7 Å². The number of nitrogens with one attached hydrogen (secondary N) is 2. The topological polar surface area (TPSA) is 90.0 Å². The zero-order chi connectivity index (χ0) is 24.9. The van der Waals surface area contributed by atoms with Gasteiger partial charge in [0.15, 0.2) is 23.0 Å². The highest BCUT2D eigenvalue weighted by atomic mass is 16.7. The highest BCUT2D eigenvalue weighted by Crippen LogP contribution is 2.35. The van der Waals surface area contributed by atoms with E-state index in [0.717, 1.165) is 46.9 Å². The lowest BCUT2D eigenvalue weighted by Gasteiger charge is -2.30. The number of hydrogen-bond donors (Lipinski definition) is 2. The van der Waals surface area contributed by atoms with Crippen molar-refractivity contribution in [2.24, 2.45) is 0 Å². The predicted molar refractivity (Wildman–Crippen MR) is 138 cm³/mol. The number of hydrogen-bond acceptors (Lipinski definition) is 9. The summed E-state index contributed by atoms with van der Waals surface area (Å²) in [5.41, 5.74) is 1.81. The average molecular weight is 482 g/mol. The molecule has 3 aromatic rings. The van der Waals surface area contributed by atoms with E-state index in [0.29, 0.717) is 36.1 Å². The van der Waals surface area contributed by atoms with Gasteiger partial charge in [-0.25, -0.2) is 4.98 Å². The van der Waals surface area contributed by atoms with E-state index in [2.05, 4.69) is 43.2 Å². The molecule has 0 amide bonds. The lowest BCUT2D eigenvalue weighted by molar-refractivity contribution is 0.174. The summed E-state index contributed by atoms with van der Waals surface area (Å²) in [5, 5.41) is 7.74. The van der Waals surface area contributed by atoms with E-state index in [1.54, 1.807) is 14.2 Å². The minimum atomic E-state index is 0.255. The standard InChI is InChI=1S/C26H35N5O4/c1-16(2)31(17(3)4)10-9-27-25-19-12-22(32-5)23(33-6)13-20(19)29-26(30-25)28-14-18-7-8-21-24(11-18)35-15-34-21/h7-8,11-13,16-17H,9-10,14-15H2,1-6H3,(H2,27,28,29,30). The van der Waals surface area contributed by atoms with E-state index < -0.39 is 0 Å². The molecule has 0 saturated carbocycles. The molecule has 0 aliphatic carbocycles. The van der Waals surface area contributed by atoms with E-state index in [1.165, 1.54) is 0 Å². The number of nitrogens with zero attached hydrogens (tertiary/aromatic N) is 3. The first-order valence-electron chi connectivity index (χ1n) is 12.0. The predicted octanol–water partition coefficient (Wildman–Crippen LogP) is 4.52. The number of rotatable bonds is 11. The molecule has 1 aromatic heterocycles. The summed E-state index contributed by atoms with van der Waals surface area (Å²) >= 11 is 0. The maximum Gasteiger partial charge on any atom is 0.231 e. The van der Waals surface area contributed by atoms with Crippen molar-refractivity contribution in [2.75, 3.05) is 44.7 Å². The maximum atomic E-state index is 5.52. The van der Waals surface area contributed by atoms with Gasteiger partial charge in [-0.2, -0.15) is 4.98 Å². The average Bonchev–Trinajstić information content (AvgIpc) is 3.31. The molecule has 1 aliphatic rings. The second-order valence-electron chi connectivity index (χ2n) is 9.01. The number of anilines is 2. The Kier molecular flexibility index (Phi) is 7.65. The van der Waals surface area contributed by atoms with E-state index >= 15 is 0 Å². The lowest BCUT2D eigenvalue weighted by Crippen LogP contribution is -2.40. The van der Waals surface area contributed by atoms with E-state index in [4.69, 9.17) is 28.9 Å². The van der Waals surface area contributed by atoms with Crippen molar-refractivity contribution in [3.05, 3.63) is 35.9 Å². The highest BCUT2D eigenvalue weighted by Gasteiger charge is 2.17. The van der Waals surface area contributed by atoms with Crippen LogP contribution in [0.15, 0.2) is 30.3 Å². The number of ether oxygens (including phenoxy) is 4. The maximum absolute atomic E-state index is 5.52. The molecule has 2 aromatic carbocycles. The van der Waals surface area contributed by atoms with Crippen LogP contribution in [0.3, 0.4) is 0 Å². The fourth-order valence-electron chi connectivity index (χ4n) is 4.32. The van der Waals surface area contributed by atoms with Crippen molar-refractivity contribution >= 4 is 22.7 Å². The summed E-state index contributed by atoms with van der Waals surface area (Å²) in [5.74, 6) is 4.05. The smallest absolute Gasteiger partial charge is 0.231 e. The van der Waals surface area contributed by atoms with Gasteiger partial charge in [0, 0.05) is 43.2 Å². The van der Waals surface area contributed by atoms with Crippen LogP contribution in [0.2, 0.25) is 0 Å². The summed E-state index contributed by atoms with van der Waals surface area (Å²) in [6, 6.07) is 10.6. The molecule has 0 atom stereocenters. The van der Waals surface area contributed by atoms with Crippen LogP contribution in [0.1, 0.15) is 33.3 Å². The molecule has 1 aliphatic heterocycles. The molecule has 35 heavy (non-hydrogen) atoms. The van der Waals surface area contributed by atoms with E-state index in [1.807, 2.05) is 30.3 Å². The summed E-state index contributed by atoms with van der Waals surface area (Å²) in [4.78, 5) is 12.0. The van der Waals surface area contributed by atoms with E-state index in [9.17, 15) is 0 Å². The first-order chi connectivity index (χ1) is 16.9. The SMILES string of the molecule is COc1cc2nc(NCc3ccc4c(c3)OCO4)nc(NCCN(C(C)C)C(C)C)c2cc1OC. The molecule has 0 spiro atoms. The monoisotopic (exact) mass is 481 g/mol. The van der Waals surface area contributed by atoms with Crippen molar-refractivity contribution < 1.29 is 18.9 Å². The third-order valence-corrected chi connectivity index (χ3v) is 6.08. The van der Waals surface area contributed by atoms with Crippen molar-refractivity contribution in [1.29, 1.82) is 0 Å². The Morgan fingerprint density at radius 2 is 1.63 bits per heavy atom. The van der Waals surface area contributed by atoms with Crippen LogP contribution in [0, 0.1) is 0 Å². The minimum absolute atomic E-state index is 0.255. The van der Waals surface area contributed by atoms with Crippen LogP contribution in [0.25, 0.3) is 10.9 Å². The summed E-state index contributed by atoms with van der Waals surface area (Å²) in [7, 11) is 3.25. The molecule has 0 fully saturated rings. The Morgan fingerprint density at radius 1 is 0.914 bits per heavy atom. The number of aromatic nitrogens is 2. The zero-order valence-corrected chi connectivity index (χ0v) is 21.3. The van der Waals surface area contributed by atoms with Crippen LogP contribution in [-0.4, -0.2) is 61.1 Å². The molecule has 9 nitrogen and oxygen atoms in total. The van der Waals surface area contributed by atoms with Crippen molar-refractivity contribution in [3.8, 4) is 23.0 Å². The Balaban J connectivity index is 1.59. The lowest BCUT2D eigenvalue weighted by atomic mass is 10.2. The largest absolute Gasteiger partial charge is 0.493 e. The number of benzene rings is 2. The van der Waals surface area contributed by atoms with Gasteiger partial charge in [-0.15, -0.1) is 0 Å². The Morgan fingerprint density at radius 3 is 2.34 bits per heavy atom. The third-order valence-electron chi connectivity index (χ3n) is 6.08. The molecule has 188 valence electrons. The second kappa shape index (κ2) is 10.9. The fraction of sp³-hybridized carbons (Fsp3) is 0.462. The molecular weight excluding hydrogens is 446 g/mol. The van der Waals surface area contributed by atoms with Crippen LogP contribution in [0.5, 0.6) is 23.0 Å². The molecule has 2 heterocycles. The van der Waals surface area contributed by atoms with Gasteiger partial charge in [0.05, 0.1) is 19.7 Å². The summed E-state index contributed by atoms with van der Waals surface area (Å²) in [6.45, 7) is 11.3. The second-order valence-corrected chi connectivity index (χ2v) is 9.01. The van der Waals surface area contributed by atoms with Gasteiger partial charge < -0.3 is 29.6 Å². The summed E-state index contributed by atoms with van der Waals surface area (Å²) in [6.07, 6.45) is 0. The molecule has 0 unspecified atom stereocenters. The zero-order valence-electron chi connectivity index (χ0n) is 21.3. The number of methoxy groups -OCH3 is 2. The van der Waals surface area contributed by atoms with Crippen LogP contribution >= 0.6 is 0 Å². The van der Waals surface area contributed by atoms with Crippen LogP contribution < -0.4 is 29.6 Å². The van der Waals surface area contributed by atoms with Crippen LogP contribution in [0.4, 0.5) is 11.8 Å². The number of fused-ring (bicyclic) bond motifs is 2. The first-order valence-corrected chi connectivity index (χ1v) is 12.0. The Labute approximate surface area is 206 Å². The van der Waals surface area contributed by atoms with Gasteiger partial charge >= 0.3 is 0 Å². The molecule has 0 radical (unpaired) electrons. The van der Waals surface area contributed by atoms with E-state index in [-0.39, 0.29) is 6.79 Å². The van der Waals surface area contributed by atoms with Gasteiger partial charge in [0.25, 0.3) is 0 Å². The quantitative estimate of drug-likeness (QED) is 0.410. The molecule has 9 heteroatoms. The molecular formula is C26H35N5O4. The Hall–Kier alpha value is -3.46. The molecule has 2 N–H and O–H groups in total. The summed E-state index contributed by atoms with van der Waals surface area (Å²) < 4.78 is 21.9. The van der Waals surface area contributed by atoms with Crippen LogP contribution in [-0.2, 0) is 6.54 Å². The molecule has 4 rings (SSSR count). The van der Waals surface area contributed by atoms with Crippen molar-refractivity contribution in [1.82, 2.24) is 14.9 Å². The molecule has 0 saturated heterocycles. The van der Waals surface area contributed by atoms with Gasteiger partial charge in [-0.3, -0.25) is 4.90 Å². The van der Waals surface area contributed by atoms with Gasteiger partial charge in [-0.1, -0.05) is 6.07 Å².